The van der Waals surface area contributed by atoms with Crippen LogP contribution in [0.2, 0.25) is 0 Å². The second-order valence-electron chi connectivity index (χ2n) is 6.47. The highest BCUT2D eigenvalue weighted by Crippen LogP contribution is 2.28. The number of ether oxygens (including phenoxy) is 1. The van der Waals surface area contributed by atoms with E-state index in [-0.39, 0.29) is 5.78 Å². The van der Waals surface area contributed by atoms with Crippen LogP contribution in [0, 0.1) is 13.8 Å². The molecule has 114 valence electrons. The molecule has 2 fully saturated rings. The van der Waals surface area contributed by atoms with E-state index in [2.05, 4.69) is 11.0 Å². The van der Waals surface area contributed by atoms with E-state index in [1.807, 2.05) is 26.0 Å². The number of nitrogens with zero attached hydrogens (tertiary/aromatic N) is 1. The van der Waals surface area contributed by atoms with Crippen molar-refractivity contribution in [3.63, 3.8) is 0 Å². The lowest BCUT2D eigenvalue weighted by Gasteiger charge is -2.43. The van der Waals surface area contributed by atoms with Gasteiger partial charge in [0.1, 0.15) is 0 Å². The van der Waals surface area contributed by atoms with E-state index in [4.69, 9.17) is 4.74 Å². The predicted molar refractivity (Wildman–Crippen MR) is 83.8 cm³/mol. The van der Waals surface area contributed by atoms with Crippen LogP contribution in [-0.2, 0) is 4.74 Å². The normalized spacial score (nSPS) is 26.4. The number of Topliss-reactive ketones (excluding diaryl/α,β-unsaturated/α-hetero) is 1. The summed E-state index contributed by atoms with van der Waals surface area (Å²) < 4.78 is 5.89. The van der Waals surface area contributed by atoms with Gasteiger partial charge in [-0.3, -0.25) is 9.69 Å². The summed E-state index contributed by atoms with van der Waals surface area (Å²) in [5.41, 5.74) is 3.12. The van der Waals surface area contributed by atoms with Gasteiger partial charge >= 0.3 is 0 Å². The predicted octanol–water partition coefficient (Wildman–Crippen LogP) is 3.13. The van der Waals surface area contributed by atoms with Crippen LogP contribution in [-0.4, -0.2) is 42.5 Å². The average molecular weight is 287 g/mol. The average Bonchev–Trinajstić information content (AvgIpc) is 2.50. The third-order valence-corrected chi connectivity index (χ3v) is 4.89. The Morgan fingerprint density at radius 1 is 1.29 bits per heavy atom. The highest BCUT2D eigenvalue weighted by Gasteiger charge is 2.35. The minimum absolute atomic E-state index is 0.252. The van der Waals surface area contributed by atoms with E-state index < -0.39 is 0 Å². The molecule has 2 unspecified atom stereocenters. The van der Waals surface area contributed by atoms with E-state index in [0.29, 0.717) is 18.7 Å². The lowest BCUT2D eigenvalue weighted by Crippen LogP contribution is -2.54. The van der Waals surface area contributed by atoms with Crippen molar-refractivity contribution in [3.8, 4) is 0 Å². The van der Waals surface area contributed by atoms with Gasteiger partial charge in [0.25, 0.3) is 0 Å². The Morgan fingerprint density at radius 2 is 2.10 bits per heavy atom. The smallest absolute Gasteiger partial charge is 0.177 e. The molecule has 1 aliphatic carbocycles. The summed E-state index contributed by atoms with van der Waals surface area (Å²) in [5, 5.41) is 0. The highest BCUT2D eigenvalue weighted by molar-refractivity contribution is 5.99. The van der Waals surface area contributed by atoms with Crippen LogP contribution in [0.3, 0.4) is 0 Å². The van der Waals surface area contributed by atoms with Crippen molar-refractivity contribution < 1.29 is 9.53 Å². The molecule has 0 radical (unpaired) electrons. The molecule has 0 N–H and O–H groups in total. The van der Waals surface area contributed by atoms with Gasteiger partial charge in [0.15, 0.2) is 5.78 Å². The summed E-state index contributed by atoms with van der Waals surface area (Å²) in [4.78, 5) is 15.0. The van der Waals surface area contributed by atoms with Crippen molar-refractivity contribution >= 4 is 5.78 Å². The molecule has 0 bridgehead atoms. The zero-order valence-corrected chi connectivity index (χ0v) is 13.1. The second kappa shape index (κ2) is 6.29. The summed E-state index contributed by atoms with van der Waals surface area (Å²) in [6.07, 6.45) is 5.20. The van der Waals surface area contributed by atoms with Gasteiger partial charge in [-0.25, -0.2) is 0 Å². The summed E-state index contributed by atoms with van der Waals surface area (Å²) in [6.45, 7) is 6.26. The van der Waals surface area contributed by atoms with Gasteiger partial charge in [0.05, 0.1) is 19.3 Å². The first kappa shape index (κ1) is 14.7. The number of fused-ring (bicyclic) bond motifs is 1. The molecule has 1 aromatic carbocycles. The van der Waals surface area contributed by atoms with Crippen molar-refractivity contribution in [2.75, 3.05) is 19.7 Å². The van der Waals surface area contributed by atoms with E-state index in [0.717, 1.165) is 36.3 Å². The number of rotatable bonds is 3. The van der Waals surface area contributed by atoms with Crippen molar-refractivity contribution in [2.24, 2.45) is 0 Å². The summed E-state index contributed by atoms with van der Waals surface area (Å²) in [5.74, 6) is 0.252. The molecule has 3 rings (SSSR count). The molecule has 2 aliphatic rings. The van der Waals surface area contributed by atoms with Gasteiger partial charge in [0, 0.05) is 18.2 Å². The van der Waals surface area contributed by atoms with Gasteiger partial charge in [-0.05, 0) is 38.3 Å². The molecule has 1 aromatic rings. The number of hydrogen-bond acceptors (Lipinski definition) is 3. The molecule has 0 spiro atoms. The quantitative estimate of drug-likeness (QED) is 0.800. The number of morpholine rings is 1. The standard InChI is InChI=1S/C18H25NO2/c1-13-7-8-14(2)15(11-13)17(20)12-19-9-10-21-18-6-4-3-5-16(18)19/h7-8,11,16,18H,3-6,9-10,12H2,1-2H3. The maximum Gasteiger partial charge on any atom is 0.177 e. The van der Waals surface area contributed by atoms with Gasteiger partial charge in [-0.1, -0.05) is 30.5 Å². The van der Waals surface area contributed by atoms with Crippen molar-refractivity contribution in [1.82, 2.24) is 4.90 Å². The topological polar surface area (TPSA) is 29.5 Å². The van der Waals surface area contributed by atoms with E-state index in [1.165, 1.54) is 19.3 Å². The van der Waals surface area contributed by atoms with Crippen molar-refractivity contribution in [3.05, 3.63) is 34.9 Å². The summed E-state index contributed by atoms with van der Waals surface area (Å²) in [6, 6.07) is 6.58. The SMILES string of the molecule is Cc1ccc(C)c(C(=O)CN2CCOC3CCCCC32)c1. The fourth-order valence-corrected chi connectivity index (χ4v) is 3.68. The third-order valence-electron chi connectivity index (χ3n) is 4.89. The molecule has 1 aliphatic heterocycles. The monoisotopic (exact) mass is 287 g/mol. The number of carbonyl (C=O) groups excluding carboxylic acids is 1. The Labute approximate surface area is 127 Å². The molecular weight excluding hydrogens is 262 g/mol. The molecule has 1 saturated heterocycles. The summed E-state index contributed by atoms with van der Waals surface area (Å²) in [7, 11) is 0. The Kier molecular flexibility index (Phi) is 4.41. The molecule has 3 nitrogen and oxygen atoms in total. The molecule has 3 heteroatoms. The largest absolute Gasteiger partial charge is 0.375 e. The molecule has 1 saturated carbocycles. The lowest BCUT2D eigenvalue weighted by molar-refractivity contribution is -0.0846. The number of ketones is 1. The Morgan fingerprint density at radius 3 is 2.95 bits per heavy atom. The molecular formula is C18H25NO2. The van der Waals surface area contributed by atoms with Crippen LogP contribution < -0.4 is 0 Å². The third kappa shape index (κ3) is 3.19. The van der Waals surface area contributed by atoms with Crippen LogP contribution >= 0.6 is 0 Å². The maximum atomic E-state index is 12.7. The molecule has 1 heterocycles. The number of hydrogen-bond donors (Lipinski definition) is 0. The summed E-state index contributed by atoms with van der Waals surface area (Å²) >= 11 is 0. The van der Waals surface area contributed by atoms with Crippen molar-refractivity contribution in [1.29, 1.82) is 0 Å². The Bertz CT molecular complexity index is 524. The molecule has 0 amide bonds. The number of aryl methyl sites for hydroxylation is 2. The molecule has 0 aromatic heterocycles. The van der Waals surface area contributed by atoms with Crippen LogP contribution in [0.25, 0.3) is 0 Å². The Hall–Kier alpha value is -1.19. The maximum absolute atomic E-state index is 12.7. The van der Waals surface area contributed by atoms with Gasteiger partial charge in [-0.2, -0.15) is 0 Å². The van der Waals surface area contributed by atoms with Crippen molar-refractivity contribution in [2.45, 2.75) is 51.7 Å². The fourth-order valence-electron chi connectivity index (χ4n) is 3.68. The number of benzene rings is 1. The van der Waals surface area contributed by atoms with Crippen LogP contribution in [0.15, 0.2) is 18.2 Å². The van der Waals surface area contributed by atoms with Gasteiger partial charge in [-0.15, -0.1) is 0 Å². The van der Waals surface area contributed by atoms with Gasteiger partial charge < -0.3 is 4.74 Å². The highest BCUT2D eigenvalue weighted by atomic mass is 16.5. The number of carbonyl (C=O) groups is 1. The molecule has 21 heavy (non-hydrogen) atoms. The van der Waals surface area contributed by atoms with E-state index >= 15 is 0 Å². The van der Waals surface area contributed by atoms with Crippen LogP contribution in [0.5, 0.6) is 0 Å². The Balaban J connectivity index is 1.72. The first-order valence-electron chi connectivity index (χ1n) is 8.11. The fraction of sp³-hybridized carbons (Fsp3) is 0.611. The zero-order chi connectivity index (χ0) is 14.8. The minimum Gasteiger partial charge on any atom is -0.375 e. The lowest BCUT2D eigenvalue weighted by atomic mass is 9.89. The van der Waals surface area contributed by atoms with Gasteiger partial charge in [0.2, 0.25) is 0 Å². The minimum atomic E-state index is 0.252. The second-order valence-corrected chi connectivity index (χ2v) is 6.47. The molecule has 2 atom stereocenters. The van der Waals surface area contributed by atoms with Crippen LogP contribution in [0.1, 0.15) is 47.2 Å². The van der Waals surface area contributed by atoms with E-state index in [9.17, 15) is 4.79 Å². The zero-order valence-electron chi connectivity index (χ0n) is 13.1. The van der Waals surface area contributed by atoms with Crippen LogP contribution in [0.4, 0.5) is 0 Å². The first-order chi connectivity index (χ1) is 10.1. The van der Waals surface area contributed by atoms with E-state index in [1.54, 1.807) is 0 Å². The first-order valence-corrected chi connectivity index (χ1v) is 8.11.